The quantitative estimate of drug-likeness (QED) is 0.652. The first kappa shape index (κ1) is 16.2. The lowest BCUT2D eigenvalue weighted by molar-refractivity contribution is -0.116. The molecule has 22 heavy (non-hydrogen) atoms. The van der Waals surface area contributed by atoms with Gasteiger partial charge in [-0.3, -0.25) is 9.59 Å². The standard InChI is InChI=1S/C17H18N2O2S/c1-12-4-3-5-16(18-12)19-17(21)11-10-15(20)13-6-8-14(22-2)9-7-13/h3-9H,10-11H2,1-2H3,(H,18,19,21). The lowest BCUT2D eigenvalue weighted by atomic mass is 10.1. The van der Waals surface area contributed by atoms with Gasteiger partial charge in [0, 0.05) is 29.0 Å². The molecule has 114 valence electrons. The SMILES string of the molecule is CSc1ccc(C(=O)CCC(=O)Nc2cccc(C)n2)cc1. The van der Waals surface area contributed by atoms with Gasteiger partial charge in [0.15, 0.2) is 5.78 Å². The molecule has 0 bridgehead atoms. The van der Waals surface area contributed by atoms with Crippen LogP contribution in [0.2, 0.25) is 0 Å². The summed E-state index contributed by atoms with van der Waals surface area (Å²) in [5.41, 5.74) is 1.47. The average molecular weight is 314 g/mol. The molecule has 0 aliphatic heterocycles. The van der Waals surface area contributed by atoms with Crippen LogP contribution in [0.5, 0.6) is 0 Å². The van der Waals surface area contributed by atoms with Crippen LogP contribution in [0, 0.1) is 6.92 Å². The van der Waals surface area contributed by atoms with Crippen molar-refractivity contribution < 1.29 is 9.59 Å². The Kier molecular flexibility index (Phi) is 5.72. The summed E-state index contributed by atoms with van der Waals surface area (Å²) in [5, 5.41) is 2.70. The Morgan fingerprint density at radius 1 is 1.09 bits per heavy atom. The molecule has 0 saturated carbocycles. The van der Waals surface area contributed by atoms with Gasteiger partial charge in [-0.2, -0.15) is 0 Å². The summed E-state index contributed by atoms with van der Waals surface area (Å²) in [6.07, 6.45) is 2.33. The van der Waals surface area contributed by atoms with Crippen molar-refractivity contribution in [3.8, 4) is 0 Å². The van der Waals surface area contributed by atoms with Crippen LogP contribution in [0.1, 0.15) is 28.9 Å². The number of hydrogen-bond donors (Lipinski definition) is 1. The Balaban J connectivity index is 1.86. The second-order valence-electron chi connectivity index (χ2n) is 4.86. The zero-order valence-electron chi connectivity index (χ0n) is 12.6. The molecule has 0 saturated heterocycles. The minimum atomic E-state index is -0.202. The number of pyridine rings is 1. The highest BCUT2D eigenvalue weighted by Gasteiger charge is 2.10. The molecular weight excluding hydrogens is 296 g/mol. The molecule has 1 amide bonds. The minimum absolute atomic E-state index is 0.0278. The summed E-state index contributed by atoms with van der Waals surface area (Å²) in [5.74, 6) is 0.286. The van der Waals surface area contributed by atoms with E-state index < -0.39 is 0 Å². The fourth-order valence-corrected chi connectivity index (χ4v) is 2.37. The summed E-state index contributed by atoms with van der Waals surface area (Å²) in [7, 11) is 0. The van der Waals surface area contributed by atoms with E-state index in [1.807, 2.05) is 37.4 Å². The summed E-state index contributed by atoms with van der Waals surface area (Å²) in [4.78, 5) is 29.2. The van der Waals surface area contributed by atoms with Crippen molar-refractivity contribution in [1.29, 1.82) is 0 Å². The number of carbonyl (C=O) groups is 2. The molecule has 2 rings (SSSR count). The van der Waals surface area contributed by atoms with Gasteiger partial charge in [-0.1, -0.05) is 18.2 Å². The van der Waals surface area contributed by atoms with Crippen LogP contribution < -0.4 is 5.32 Å². The normalized spacial score (nSPS) is 10.3. The highest BCUT2D eigenvalue weighted by molar-refractivity contribution is 7.98. The number of carbonyl (C=O) groups excluding carboxylic acids is 2. The number of rotatable bonds is 6. The van der Waals surface area contributed by atoms with Gasteiger partial charge in [0.2, 0.25) is 5.91 Å². The molecule has 0 aliphatic carbocycles. The third-order valence-corrected chi connectivity index (χ3v) is 3.89. The predicted octanol–water partition coefficient (Wildman–Crippen LogP) is 3.71. The van der Waals surface area contributed by atoms with Crippen LogP contribution in [-0.2, 0) is 4.79 Å². The van der Waals surface area contributed by atoms with E-state index in [4.69, 9.17) is 0 Å². The number of thioether (sulfide) groups is 1. The van der Waals surface area contributed by atoms with E-state index in [1.165, 1.54) is 0 Å². The third-order valence-electron chi connectivity index (χ3n) is 3.15. The molecule has 2 aromatic rings. The number of ketones is 1. The molecule has 0 unspecified atom stereocenters. The Labute approximate surface area is 134 Å². The van der Waals surface area contributed by atoms with Crippen molar-refractivity contribution in [2.45, 2.75) is 24.7 Å². The van der Waals surface area contributed by atoms with E-state index in [2.05, 4.69) is 10.3 Å². The van der Waals surface area contributed by atoms with Crippen molar-refractivity contribution >= 4 is 29.3 Å². The second kappa shape index (κ2) is 7.75. The van der Waals surface area contributed by atoms with Crippen molar-refractivity contribution in [3.05, 3.63) is 53.7 Å². The Bertz CT molecular complexity index is 669. The van der Waals surface area contributed by atoms with Crippen LogP contribution in [0.15, 0.2) is 47.4 Å². The monoisotopic (exact) mass is 314 g/mol. The molecule has 0 radical (unpaired) electrons. The van der Waals surface area contributed by atoms with Gasteiger partial charge in [-0.05, 0) is 37.4 Å². The van der Waals surface area contributed by atoms with E-state index >= 15 is 0 Å². The molecule has 5 heteroatoms. The van der Waals surface area contributed by atoms with Gasteiger partial charge in [-0.25, -0.2) is 4.98 Å². The van der Waals surface area contributed by atoms with Crippen molar-refractivity contribution in [2.24, 2.45) is 0 Å². The first-order chi connectivity index (χ1) is 10.6. The van der Waals surface area contributed by atoms with Crippen molar-refractivity contribution in [1.82, 2.24) is 4.98 Å². The fourth-order valence-electron chi connectivity index (χ4n) is 1.97. The maximum Gasteiger partial charge on any atom is 0.225 e. The van der Waals surface area contributed by atoms with E-state index in [-0.39, 0.29) is 24.5 Å². The summed E-state index contributed by atoms with van der Waals surface area (Å²) < 4.78 is 0. The van der Waals surface area contributed by atoms with Crippen LogP contribution in [-0.4, -0.2) is 22.9 Å². The molecule has 4 nitrogen and oxygen atoms in total. The number of nitrogens with zero attached hydrogens (tertiary/aromatic N) is 1. The molecule has 0 fully saturated rings. The van der Waals surface area contributed by atoms with Gasteiger partial charge in [0.25, 0.3) is 0 Å². The number of aromatic nitrogens is 1. The number of aryl methyl sites for hydroxylation is 1. The summed E-state index contributed by atoms with van der Waals surface area (Å²) >= 11 is 1.63. The number of benzene rings is 1. The lowest BCUT2D eigenvalue weighted by Gasteiger charge is -2.05. The van der Waals surface area contributed by atoms with E-state index in [9.17, 15) is 9.59 Å². The number of amides is 1. The molecule has 0 atom stereocenters. The maximum absolute atomic E-state index is 12.1. The first-order valence-electron chi connectivity index (χ1n) is 6.99. The third kappa shape index (κ3) is 4.70. The molecular formula is C17H18N2O2S. The van der Waals surface area contributed by atoms with E-state index in [0.29, 0.717) is 11.4 Å². The Morgan fingerprint density at radius 2 is 1.82 bits per heavy atom. The topological polar surface area (TPSA) is 59.1 Å². The van der Waals surface area contributed by atoms with Crippen molar-refractivity contribution in [3.63, 3.8) is 0 Å². The van der Waals surface area contributed by atoms with Gasteiger partial charge in [-0.15, -0.1) is 11.8 Å². The number of anilines is 1. The van der Waals surface area contributed by atoms with Crippen LogP contribution in [0.3, 0.4) is 0 Å². The van der Waals surface area contributed by atoms with Gasteiger partial charge in [0.1, 0.15) is 5.82 Å². The zero-order chi connectivity index (χ0) is 15.9. The second-order valence-corrected chi connectivity index (χ2v) is 5.74. The van der Waals surface area contributed by atoms with E-state index in [0.717, 1.165) is 10.6 Å². The highest BCUT2D eigenvalue weighted by atomic mass is 32.2. The molecule has 0 aliphatic rings. The minimum Gasteiger partial charge on any atom is -0.311 e. The Morgan fingerprint density at radius 3 is 2.45 bits per heavy atom. The smallest absolute Gasteiger partial charge is 0.225 e. The number of nitrogens with one attached hydrogen (secondary N) is 1. The first-order valence-corrected chi connectivity index (χ1v) is 8.22. The van der Waals surface area contributed by atoms with Gasteiger partial charge in [0.05, 0.1) is 0 Å². The summed E-state index contributed by atoms with van der Waals surface area (Å²) in [6.45, 7) is 1.86. The fraction of sp³-hybridized carbons (Fsp3) is 0.235. The predicted molar refractivity (Wildman–Crippen MR) is 89.4 cm³/mol. The Hall–Kier alpha value is -2.14. The van der Waals surface area contributed by atoms with Crippen LogP contribution in [0.25, 0.3) is 0 Å². The lowest BCUT2D eigenvalue weighted by Crippen LogP contribution is -2.14. The van der Waals surface area contributed by atoms with Crippen LogP contribution >= 0.6 is 11.8 Å². The average Bonchev–Trinajstić information content (AvgIpc) is 2.52. The van der Waals surface area contributed by atoms with Gasteiger partial charge >= 0.3 is 0 Å². The molecule has 1 aromatic carbocycles. The molecule has 1 heterocycles. The number of hydrogen-bond acceptors (Lipinski definition) is 4. The maximum atomic E-state index is 12.1. The summed E-state index contributed by atoms with van der Waals surface area (Å²) in [6, 6.07) is 12.8. The van der Waals surface area contributed by atoms with Crippen LogP contribution in [0.4, 0.5) is 5.82 Å². The largest absolute Gasteiger partial charge is 0.311 e. The van der Waals surface area contributed by atoms with E-state index in [1.54, 1.807) is 30.0 Å². The van der Waals surface area contributed by atoms with Gasteiger partial charge < -0.3 is 5.32 Å². The number of Topliss-reactive ketones (excluding diaryl/α,β-unsaturated/α-hetero) is 1. The zero-order valence-corrected chi connectivity index (χ0v) is 13.4. The molecule has 0 spiro atoms. The van der Waals surface area contributed by atoms with Crippen molar-refractivity contribution in [2.75, 3.05) is 11.6 Å². The highest BCUT2D eigenvalue weighted by Crippen LogP contribution is 2.16. The molecule has 1 N–H and O–H groups in total. The molecule has 1 aromatic heterocycles.